The van der Waals surface area contributed by atoms with Crippen molar-refractivity contribution in [3.63, 3.8) is 0 Å². The molecule has 1 fully saturated rings. The summed E-state index contributed by atoms with van der Waals surface area (Å²) in [6.45, 7) is 8.38. The normalized spacial score (nSPS) is 28.1. The Morgan fingerprint density at radius 2 is 1.79 bits per heavy atom. The van der Waals surface area contributed by atoms with E-state index in [1.165, 1.54) is 0 Å². The fourth-order valence-electron chi connectivity index (χ4n) is 3.56. The highest BCUT2D eigenvalue weighted by Crippen LogP contribution is 2.60. The summed E-state index contributed by atoms with van der Waals surface area (Å²) in [5, 5.41) is 9.40. The molecule has 0 amide bonds. The lowest BCUT2D eigenvalue weighted by Crippen LogP contribution is -2.23. The van der Waals surface area contributed by atoms with E-state index >= 15 is 0 Å². The van der Waals surface area contributed by atoms with Gasteiger partial charge in [-0.2, -0.15) is 0 Å². The van der Waals surface area contributed by atoms with Crippen molar-refractivity contribution in [3.05, 3.63) is 11.1 Å². The number of rotatable bonds is 4. The predicted molar refractivity (Wildman–Crippen MR) is 70.5 cm³/mol. The first-order valence-electron chi connectivity index (χ1n) is 6.91. The van der Waals surface area contributed by atoms with Gasteiger partial charge < -0.3 is 9.84 Å². The van der Waals surface area contributed by atoms with Crippen LogP contribution >= 0.6 is 0 Å². The standard InChI is InChI=1S/C15H22O4/c1-8(2)7-19-14(18)12-10-6-5-9(15(10,3)4)11(12)13(16)17/h8-10H,5-7H2,1-4H3,(H,16,17). The van der Waals surface area contributed by atoms with Crippen molar-refractivity contribution >= 4 is 11.9 Å². The number of aliphatic carboxylic acids is 1. The Labute approximate surface area is 113 Å². The zero-order valence-corrected chi connectivity index (χ0v) is 12.0. The molecule has 0 aromatic carbocycles. The molecule has 2 atom stereocenters. The first-order valence-corrected chi connectivity index (χ1v) is 6.91. The van der Waals surface area contributed by atoms with Crippen LogP contribution in [-0.2, 0) is 14.3 Å². The Hall–Kier alpha value is -1.32. The number of hydrogen-bond acceptors (Lipinski definition) is 3. The molecule has 2 aliphatic rings. The largest absolute Gasteiger partial charge is 0.478 e. The predicted octanol–water partition coefficient (Wildman–Crippen LogP) is 2.63. The third kappa shape index (κ3) is 2.17. The van der Waals surface area contributed by atoms with Crippen LogP contribution < -0.4 is 0 Å². The monoisotopic (exact) mass is 266 g/mol. The summed E-state index contributed by atoms with van der Waals surface area (Å²) in [4.78, 5) is 23.7. The molecule has 19 heavy (non-hydrogen) atoms. The maximum absolute atomic E-state index is 12.2. The Bertz CT molecular complexity index is 445. The number of carboxylic acid groups (broad SMARTS) is 1. The molecule has 2 aliphatic carbocycles. The molecule has 1 N–H and O–H groups in total. The number of fused-ring (bicyclic) bond motifs is 2. The molecule has 0 spiro atoms. The number of carboxylic acids is 1. The van der Waals surface area contributed by atoms with Crippen LogP contribution in [0.3, 0.4) is 0 Å². The number of ether oxygens (including phenoxy) is 1. The third-order valence-corrected chi connectivity index (χ3v) is 4.53. The molecule has 0 aromatic heterocycles. The molecule has 0 radical (unpaired) electrons. The van der Waals surface area contributed by atoms with Crippen molar-refractivity contribution < 1.29 is 19.4 Å². The van der Waals surface area contributed by atoms with E-state index in [-0.39, 0.29) is 23.2 Å². The Morgan fingerprint density at radius 1 is 1.26 bits per heavy atom. The van der Waals surface area contributed by atoms with Gasteiger partial charge in [-0.3, -0.25) is 0 Å². The SMILES string of the molecule is CC(C)COC(=O)C1=C(C(=O)O)C2CCC1C2(C)C. The second kappa shape index (κ2) is 4.66. The van der Waals surface area contributed by atoms with Gasteiger partial charge in [0.1, 0.15) is 0 Å². The molecule has 2 unspecified atom stereocenters. The summed E-state index contributed by atoms with van der Waals surface area (Å²) in [6, 6.07) is 0. The van der Waals surface area contributed by atoms with E-state index in [4.69, 9.17) is 4.74 Å². The van der Waals surface area contributed by atoms with Gasteiger partial charge in [0, 0.05) is 0 Å². The maximum Gasteiger partial charge on any atom is 0.334 e. The van der Waals surface area contributed by atoms with Crippen LogP contribution in [0.5, 0.6) is 0 Å². The molecule has 0 heterocycles. The van der Waals surface area contributed by atoms with Crippen LogP contribution in [0.2, 0.25) is 0 Å². The quantitative estimate of drug-likeness (QED) is 0.794. The van der Waals surface area contributed by atoms with Gasteiger partial charge in [0.25, 0.3) is 0 Å². The van der Waals surface area contributed by atoms with E-state index in [9.17, 15) is 14.7 Å². The molecule has 4 heteroatoms. The van der Waals surface area contributed by atoms with Gasteiger partial charge in [-0.1, -0.05) is 27.7 Å². The Morgan fingerprint density at radius 3 is 2.26 bits per heavy atom. The molecule has 4 nitrogen and oxygen atoms in total. The van der Waals surface area contributed by atoms with E-state index in [1.54, 1.807) is 0 Å². The third-order valence-electron chi connectivity index (χ3n) is 4.53. The van der Waals surface area contributed by atoms with Crippen molar-refractivity contribution in [1.82, 2.24) is 0 Å². The van der Waals surface area contributed by atoms with Crippen LogP contribution in [0.15, 0.2) is 11.1 Å². The van der Waals surface area contributed by atoms with Gasteiger partial charge in [0.15, 0.2) is 0 Å². The van der Waals surface area contributed by atoms with Crippen LogP contribution in [-0.4, -0.2) is 23.7 Å². The minimum Gasteiger partial charge on any atom is -0.478 e. The first-order chi connectivity index (χ1) is 8.76. The van der Waals surface area contributed by atoms with E-state index in [1.807, 2.05) is 13.8 Å². The second-order valence-electron chi connectivity index (χ2n) is 6.63. The summed E-state index contributed by atoms with van der Waals surface area (Å²) in [6.07, 6.45) is 1.75. The Balaban J connectivity index is 2.30. The minimum absolute atomic E-state index is 0.0170. The van der Waals surface area contributed by atoms with Gasteiger partial charge in [-0.15, -0.1) is 0 Å². The van der Waals surface area contributed by atoms with E-state index in [2.05, 4.69) is 13.8 Å². The van der Waals surface area contributed by atoms with Gasteiger partial charge in [0.05, 0.1) is 17.8 Å². The molecule has 1 saturated carbocycles. The molecular formula is C15H22O4. The highest BCUT2D eigenvalue weighted by atomic mass is 16.5. The summed E-state index contributed by atoms with van der Waals surface area (Å²) in [5.74, 6) is -1.12. The zero-order valence-electron chi connectivity index (χ0n) is 12.0. The number of carbonyl (C=O) groups excluding carboxylic acids is 1. The summed E-state index contributed by atoms with van der Waals surface area (Å²) in [7, 11) is 0. The summed E-state index contributed by atoms with van der Waals surface area (Å²) < 4.78 is 5.25. The van der Waals surface area contributed by atoms with Gasteiger partial charge in [-0.25, -0.2) is 9.59 Å². The molecule has 106 valence electrons. The van der Waals surface area contributed by atoms with Crippen molar-refractivity contribution in [2.24, 2.45) is 23.2 Å². The highest BCUT2D eigenvalue weighted by molar-refractivity contribution is 6.02. The van der Waals surface area contributed by atoms with Gasteiger partial charge in [0.2, 0.25) is 0 Å². The van der Waals surface area contributed by atoms with Crippen LogP contribution in [0.1, 0.15) is 40.5 Å². The second-order valence-corrected chi connectivity index (χ2v) is 6.63. The fourth-order valence-corrected chi connectivity index (χ4v) is 3.56. The number of hydrogen-bond donors (Lipinski definition) is 1. The highest BCUT2D eigenvalue weighted by Gasteiger charge is 2.56. The lowest BCUT2D eigenvalue weighted by Gasteiger charge is -2.25. The molecule has 0 saturated heterocycles. The lowest BCUT2D eigenvalue weighted by molar-refractivity contribution is -0.142. The molecule has 0 aromatic rings. The van der Waals surface area contributed by atoms with E-state index in [0.29, 0.717) is 17.8 Å². The average Bonchev–Trinajstić information content (AvgIpc) is 2.72. The minimum atomic E-state index is -0.961. The molecule has 2 rings (SSSR count). The van der Waals surface area contributed by atoms with Crippen molar-refractivity contribution in [1.29, 1.82) is 0 Å². The maximum atomic E-state index is 12.2. The zero-order chi connectivity index (χ0) is 14.4. The molecule has 0 aliphatic heterocycles. The van der Waals surface area contributed by atoms with Crippen LogP contribution in [0, 0.1) is 23.2 Å². The fraction of sp³-hybridized carbons (Fsp3) is 0.733. The summed E-state index contributed by atoms with van der Waals surface area (Å²) >= 11 is 0. The van der Waals surface area contributed by atoms with Crippen LogP contribution in [0.4, 0.5) is 0 Å². The Kier molecular flexibility index (Phi) is 3.45. The number of carbonyl (C=O) groups is 2. The number of esters is 1. The van der Waals surface area contributed by atoms with Crippen molar-refractivity contribution in [2.75, 3.05) is 6.61 Å². The molecule has 2 bridgehead atoms. The molecular weight excluding hydrogens is 244 g/mol. The average molecular weight is 266 g/mol. The lowest BCUT2D eigenvalue weighted by atomic mass is 9.79. The van der Waals surface area contributed by atoms with Gasteiger partial charge >= 0.3 is 11.9 Å². The first kappa shape index (κ1) is 14.1. The topological polar surface area (TPSA) is 63.6 Å². The van der Waals surface area contributed by atoms with Crippen LogP contribution in [0.25, 0.3) is 0 Å². The van der Waals surface area contributed by atoms with Crippen molar-refractivity contribution in [2.45, 2.75) is 40.5 Å². The van der Waals surface area contributed by atoms with E-state index < -0.39 is 11.9 Å². The van der Waals surface area contributed by atoms with Gasteiger partial charge in [-0.05, 0) is 36.0 Å². The summed E-state index contributed by atoms with van der Waals surface area (Å²) in [5.41, 5.74) is 0.587. The van der Waals surface area contributed by atoms with Crippen molar-refractivity contribution in [3.8, 4) is 0 Å². The van der Waals surface area contributed by atoms with E-state index in [0.717, 1.165) is 12.8 Å². The smallest absolute Gasteiger partial charge is 0.334 e.